The number of benzene rings is 1. The summed E-state index contributed by atoms with van der Waals surface area (Å²) in [6.07, 6.45) is 5.73. The number of rotatable bonds is 6. The summed E-state index contributed by atoms with van der Waals surface area (Å²) in [5, 5.41) is 12.5. The Hall–Kier alpha value is -0.860. The normalized spacial score (nSPS) is 17.5. The van der Waals surface area contributed by atoms with Crippen molar-refractivity contribution in [2.75, 3.05) is 6.61 Å². The first-order chi connectivity index (χ1) is 8.70. The predicted molar refractivity (Wildman–Crippen MR) is 75.8 cm³/mol. The number of fused-ring (bicyclic) bond motifs is 1. The molecule has 2 atom stereocenters. The zero-order valence-corrected chi connectivity index (χ0v) is 11.6. The van der Waals surface area contributed by atoms with Gasteiger partial charge < -0.3 is 10.4 Å². The maximum absolute atomic E-state index is 8.84. The van der Waals surface area contributed by atoms with Gasteiger partial charge in [0.05, 0.1) is 0 Å². The topological polar surface area (TPSA) is 32.3 Å². The molecule has 2 heteroatoms. The molecule has 2 unspecified atom stereocenters. The number of aryl methyl sites for hydroxylation is 2. The quantitative estimate of drug-likeness (QED) is 0.810. The fourth-order valence-corrected chi connectivity index (χ4v) is 2.86. The van der Waals surface area contributed by atoms with Gasteiger partial charge in [0.25, 0.3) is 0 Å². The molecule has 0 aromatic heterocycles. The molecular formula is C16H25NO. The van der Waals surface area contributed by atoms with E-state index in [1.54, 1.807) is 11.1 Å². The lowest BCUT2D eigenvalue weighted by Crippen LogP contribution is -2.29. The van der Waals surface area contributed by atoms with E-state index in [2.05, 4.69) is 37.4 Å². The molecule has 0 saturated carbocycles. The van der Waals surface area contributed by atoms with E-state index in [0.29, 0.717) is 18.7 Å². The summed E-state index contributed by atoms with van der Waals surface area (Å²) >= 11 is 0. The van der Waals surface area contributed by atoms with Gasteiger partial charge in [-0.15, -0.1) is 0 Å². The Kier molecular flexibility index (Phi) is 4.79. The van der Waals surface area contributed by atoms with Crippen LogP contribution in [0, 0.1) is 0 Å². The second kappa shape index (κ2) is 6.35. The van der Waals surface area contributed by atoms with Crippen LogP contribution < -0.4 is 5.32 Å². The van der Waals surface area contributed by atoms with Crippen molar-refractivity contribution >= 4 is 0 Å². The Morgan fingerprint density at radius 2 is 2.00 bits per heavy atom. The van der Waals surface area contributed by atoms with Crippen molar-refractivity contribution in [2.45, 2.75) is 58.0 Å². The standard InChI is InChI=1S/C16H25NO/c1-12(5-4-10-18)17-13(2)15-9-8-14-6-3-7-16(14)11-15/h8-9,11-13,17-18H,3-7,10H2,1-2H3. The number of aliphatic hydroxyl groups excluding tert-OH is 1. The molecule has 0 aliphatic heterocycles. The predicted octanol–water partition coefficient (Wildman–Crippen LogP) is 2.99. The molecule has 100 valence electrons. The van der Waals surface area contributed by atoms with Crippen molar-refractivity contribution in [3.63, 3.8) is 0 Å². The van der Waals surface area contributed by atoms with Crippen LogP contribution in [0.3, 0.4) is 0 Å². The molecule has 0 spiro atoms. The maximum Gasteiger partial charge on any atom is 0.0431 e. The molecule has 0 saturated heterocycles. The Bertz CT molecular complexity index is 389. The molecule has 0 fully saturated rings. The summed E-state index contributed by atoms with van der Waals surface area (Å²) in [6.45, 7) is 4.71. The first-order valence-electron chi connectivity index (χ1n) is 7.19. The van der Waals surface area contributed by atoms with Crippen LogP contribution in [-0.4, -0.2) is 17.8 Å². The molecule has 2 rings (SSSR count). The summed E-state index contributed by atoms with van der Waals surface area (Å²) in [5.74, 6) is 0. The van der Waals surface area contributed by atoms with Crippen LogP contribution in [0.2, 0.25) is 0 Å². The average molecular weight is 247 g/mol. The molecule has 0 amide bonds. The van der Waals surface area contributed by atoms with E-state index in [9.17, 15) is 0 Å². The lowest BCUT2D eigenvalue weighted by atomic mass is 10.0. The first kappa shape index (κ1) is 13.6. The van der Waals surface area contributed by atoms with Crippen LogP contribution in [0.15, 0.2) is 18.2 Å². The molecule has 18 heavy (non-hydrogen) atoms. The fourth-order valence-electron chi connectivity index (χ4n) is 2.86. The van der Waals surface area contributed by atoms with Crippen LogP contribution in [0.25, 0.3) is 0 Å². The van der Waals surface area contributed by atoms with Gasteiger partial charge in [-0.05, 0) is 62.6 Å². The summed E-state index contributed by atoms with van der Waals surface area (Å²) in [7, 11) is 0. The highest BCUT2D eigenvalue weighted by molar-refractivity contribution is 5.36. The van der Waals surface area contributed by atoms with Gasteiger partial charge in [0.1, 0.15) is 0 Å². The van der Waals surface area contributed by atoms with Crippen LogP contribution in [0.5, 0.6) is 0 Å². The van der Waals surface area contributed by atoms with Crippen LogP contribution >= 0.6 is 0 Å². The largest absolute Gasteiger partial charge is 0.396 e. The van der Waals surface area contributed by atoms with E-state index in [1.165, 1.54) is 24.8 Å². The molecule has 1 aromatic rings. The summed E-state index contributed by atoms with van der Waals surface area (Å²) in [4.78, 5) is 0. The minimum absolute atomic E-state index is 0.291. The van der Waals surface area contributed by atoms with Gasteiger partial charge in [-0.1, -0.05) is 18.2 Å². The van der Waals surface area contributed by atoms with Gasteiger partial charge in [-0.25, -0.2) is 0 Å². The molecule has 2 nitrogen and oxygen atoms in total. The van der Waals surface area contributed by atoms with Crippen LogP contribution in [-0.2, 0) is 12.8 Å². The third-order valence-corrected chi connectivity index (χ3v) is 3.95. The second-order valence-corrected chi connectivity index (χ2v) is 5.54. The molecule has 0 radical (unpaired) electrons. The van der Waals surface area contributed by atoms with Gasteiger partial charge in [-0.2, -0.15) is 0 Å². The van der Waals surface area contributed by atoms with Crippen molar-refractivity contribution in [3.8, 4) is 0 Å². The lowest BCUT2D eigenvalue weighted by Gasteiger charge is -2.21. The summed E-state index contributed by atoms with van der Waals surface area (Å²) in [5.41, 5.74) is 4.48. The monoisotopic (exact) mass is 247 g/mol. The molecule has 0 bridgehead atoms. The fraction of sp³-hybridized carbons (Fsp3) is 0.625. The highest BCUT2D eigenvalue weighted by atomic mass is 16.2. The van der Waals surface area contributed by atoms with Gasteiger partial charge in [0.2, 0.25) is 0 Å². The number of hydrogen-bond acceptors (Lipinski definition) is 2. The highest BCUT2D eigenvalue weighted by Crippen LogP contribution is 2.25. The van der Waals surface area contributed by atoms with E-state index in [-0.39, 0.29) is 0 Å². The van der Waals surface area contributed by atoms with E-state index < -0.39 is 0 Å². The Morgan fingerprint density at radius 3 is 2.78 bits per heavy atom. The van der Waals surface area contributed by atoms with Gasteiger partial charge >= 0.3 is 0 Å². The van der Waals surface area contributed by atoms with Gasteiger partial charge in [0, 0.05) is 18.7 Å². The van der Waals surface area contributed by atoms with Crippen molar-refractivity contribution in [1.29, 1.82) is 0 Å². The van der Waals surface area contributed by atoms with Gasteiger partial charge in [0.15, 0.2) is 0 Å². The van der Waals surface area contributed by atoms with Crippen molar-refractivity contribution in [3.05, 3.63) is 34.9 Å². The Labute approximate surface area is 110 Å². The third kappa shape index (κ3) is 3.33. The second-order valence-electron chi connectivity index (χ2n) is 5.54. The number of aliphatic hydroxyl groups is 1. The van der Waals surface area contributed by atoms with Crippen LogP contribution in [0.1, 0.15) is 55.8 Å². The first-order valence-corrected chi connectivity index (χ1v) is 7.19. The van der Waals surface area contributed by atoms with Crippen molar-refractivity contribution < 1.29 is 5.11 Å². The number of nitrogens with one attached hydrogen (secondary N) is 1. The summed E-state index contributed by atoms with van der Waals surface area (Å²) < 4.78 is 0. The minimum Gasteiger partial charge on any atom is -0.396 e. The SMILES string of the molecule is CC(CCCO)NC(C)c1ccc2c(c1)CCC2. The summed E-state index contributed by atoms with van der Waals surface area (Å²) in [6, 6.07) is 7.79. The van der Waals surface area contributed by atoms with E-state index in [1.807, 2.05) is 0 Å². The van der Waals surface area contributed by atoms with Crippen LogP contribution in [0.4, 0.5) is 0 Å². The molecule has 2 N–H and O–H groups in total. The Morgan fingerprint density at radius 1 is 1.22 bits per heavy atom. The molecule has 1 aliphatic carbocycles. The molecule has 1 aromatic carbocycles. The van der Waals surface area contributed by atoms with Gasteiger partial charge in [-0.3, -0.25) is 0 Å². The maximum atomic E-state index is 8.84. The average Bonchev–Trinajstić information content (AvgIpc) is 2.83. The third-order valence-electron chi connectivity index (χ3n) is 3.95. The molecular weight excluding hydrogens is 222 g/mol. The minimum atomic E-state index is 0.291. The molecule has 1 aliphatic rings. The molecule has 0 heterocycles. The smallest absolute Gasteiger partial charge is 0.0431 e. The van der Waals surface area contributed by atoms with E-state index in [4.69, 9.17) is 5.11 Å². The van der Waals surface area contributed by atoms with Crippen molar-refractivity contribution in [2.24, 2.45) is 0 Å². The van der Waals surface area contributed by atoms with Crippen molar-refractivity contribution in [1.82, 2.24) is 5.32 Å². The lowest BCUT2D eigenvalue weighted by molar-refractivity contribution is 0.274. The van der Waals surface area contributed by atoms with E-state index >= 15 is 0 Å². The zero-order chi connectivity index (χ0) is 13.0. The highest BCUT2D eigenvalue weighted by Gasteiger charge is 2.14. The zero-order valence-electron chi connectivity index (χ0n) is 11.6. The Balaban J connectivity index is 1.94. The number of hydrogen-bond donors (Lipinski definition) is 2. The van der Waals surface area contributed by atoms with E-state index in [0.717, 1.165) is 12.8 Å².